The van der Waals surface area contributed by atoms with Crippen molar-refractivity contribution in [3.8, 4) is 0 Å². The van der Waals surface area contributed by atoms with Crippen molar-refractivity contribution in [2.75, 3.05) is 0 Å². The van der Waals surface area contributed by atoms with Crippen molar-refractivity contribution in [1.29, 1.82) is 0 Å². The highest BCUT2D eigenvalue weighted by Gasteiger charge is 2.54. The van der Waals surface area contributed by atoms with Crippen LogP contribution in [-0.4, -0.2) is 35.2 Å². The first-order valence-corrected chi connectivity index (χ1v) is 11.3. The van der Waals surface area contributed by atoms with E-state index in [2.05, 4.69) is 11.8 Å². The van der Waals surface area contributed by atoms with Crippen LogP contribution in [0.1, 0.15) is 96.8 Å². The SMILES string of the molecule is CCCCCCCC1CC(CCCCCCCC(=O)OO)(S(=O)(=O)O)O1. The van der Waals surface area contributed by atoms with Crippen molar-refractivity contribution in [1.82, 2.24) is 0 Å². The Morgan fingerprint density at radius 1 is 1.08 bits per heavy atom. The van der Waals surface area contributed by atoms with Crippen LogP contribution in [-0.2, 0) is 24.5 Å². The number of carbonyl (C=O) groups excluding carboxylic acids is 1. The predicted molar refractivity (Wildman–Crippen MR) is 98.2 cm³/mol. The number of hydrogen-bond acceptors (Lipinski definition) is 6. The molecule has 7 nitrogen and oxygen atoms in total. The summed E-state index contributed by atoms with van der Waals surface area (Å²) in [5, 5.41) is 8.14. The summed E-state index contributed by atoms with van der Waals surface area (Å²) < 4.78 is 38.6. The molecule has 1 aliphatic heterocycles. The first-order valence-electron chi connectivity index (χ1n) is 9.83. The third-order valence-electron chi connectivity index (χ3n) is 5.06. The van der Waals surface area contributed by atoms with Gasteiger partial charge in [-0.25, -0.2) is 4.79 Å². The standard InChI is InChI=1S/C18H34O7S/c1-2-3-4-6-9-12-16-15-18(24-16,26(21,22)23)14-11-8-5-7-10-13-17(19)25-20/h16,20H,2-15H2,1H3,(H,21,22,23). The van der Waals surface area contributed by atoms with Gasteiger partial charge in [0.25, 0.3) is 10.1 Å². The van der Waals surface area contributed by atoms with Crippen molar-refractivity contribution in [2.24, 2.45) is 0 Å². The molecule has 0 aromatic rings. The van der Waals surface area contributed by atoms with E-state index in [0.717, 1.165) is 38.5 Å². The first kappa shape index (κ1) is 23.3. The van der Waals surface area contributed by atoms with Gasteiger partial charge in [0.2, 0.25) is 0 Å². The van der Waals surface area contributed by atoms with Gasteiger partial charge >= 0.3 is 5.97 Å². The molecule has 0 saturated carbocycles. The van der Waals surface area contributed by atoms with E-state index in [4.69, 9.17) is 9.99 Å². The number of hydrogen-bond donors (Lipinski definition) is 2. The van der Waals surface area contributed by atoms with Gasteiger partial charge in [-0.15, -0.1) is 0 Å². The molecule has 26 heavy (non-hydrogen) atoms. The van der Waals surface area contributed by atoms with Crippen LogP contribution in [0.15, 0.2) is 0 Å². The quantitative estimate of drug-likeness (QED) is 0.182. The largest absolute Gasteiger partial charge is 0.353 e. The molecule has 2 N–H and O–H groups in total. The van der Waals surface area contributed by atoms with E-state index in [-0.39, 0.29) is 12.5 Å². The van der Waals surface area contributed by atoms with Crippen molar-refractivity contribution >= 4 is 16.1 Å². The maximum Gasteiger partial charge on any atom is 0.342 e. The Morgan fingerprint density at radius 3 is 2.27 bits per heavy atom. The van der Waals surface area contributed by atoms with E-state index < -0.39 is 21.0 Å². The molecule has 1 heterocycles. The molecule has 0 aliphatic carbocycles. The van der Waals surface area contributed by atoms with Crippen LogP contribution in [0.3, 0.4) is 0 Å². The van der Waals surface area contributed by atoms with Crippen molar-refractivity contribution in [2.45, 2.75) is 108 Å². The van der Waals surface area contributed by atoms with Gasteiger partial charge in [0.15, 0.2) is 4.93 Å². The number of rotatable bonds is 15. The third kappa shape index (κ3) is 7.90. The fraction of sp³-hybridized carbons (Fsp3) is 0.944. The summed E-state index contributed by atoms with van der Waals surface area (Å²) in [5.74, 6) is -0.640. The zero-order valence-corrected chi connectivity index (χ0v) is 16.6. The smallest absolute Gasteiger partial charge is 0.342 e. The molecule has 0 amide bonds. The van der Waals surface area contributed by atoms with Crippen molar-refractivity contribution < 1.29 is 32.6 Å². The topological polar surface area (TPSA) is 110 Å². The van der Waals surface area contributed by atoms with Crippen LogP contribution in [0.4, 0.5) is 0 Å². The van der Waals surface area contributed by atoms with Gasteiger partial charge in [-0.3, -0.25) is 4.55 Å². The van der Waals surface area contributed by atoms with Crippen LogP contribution < -0.4 is 0 Å². The minimum absolute atomic E-state index is 0.0666. The maximum atomic E-state index is 11.7. The monoisotopic (exact) mass is 394 g/mol. The first-order chi connectivity index (χ1) is 12.3. The Labute approximate surface area is 157 Å². The lowest BCUT2D eigenvalue weighted by Crippen LogP contribution is -2.55. The van der Waals surface area contributed by atoms with Crippen LogP contribution in [0.2, 0.25) is 0 Å². The van der Waals surface area contributed by atoms with E-state index in [1.807, 2.05) is 0 Å². The second-order valence-electron chi connectivity index (χ2n) is 7.26. The molecular formula is C18H34O7S. The minimum atomic E-state index is -4.22. The zero-order chi connectivity index (χ0) is 19.5. The van der Waals surface area contributed by atoms with Crippen molar-refractivity contribution in [3.63, 3.8) is 0 Å². The molecule has 1 aliphatic rings. The number of unbranched alkanes of at least 4 members (excludes halogenated alkanes) is 8. The summed E-state index contributed by atoms with van der Waals surface area (Å²) in [4.78, 5) is 12.9. The summed E-state index contributed by atoms with van der Waals surface area (Å²) in [6.07, 6.45) is 11.1. The number of carbonyl (C=O) groups is 1. The average Bonchev–Trinajstić information content (AvgIpc) is 2.55. The maximum absolute atomic E-state index is 11.7. The highest BCUT2D eigenvalue weighted by Crippen LogP contribution is 2.43. The fourth-order valence-electron chi connectivity index (χ4n) is 3.47. The summed E-state index contributed by atoms with van der Waals surface area (Å²) >= 11 is 0. The van der Waals surface area contributed by atoms with Crippen LogP contribution in [0.5, 0.6) is 0 Å². The molecule has 1 rings (SSSR count). The molecule has 1 saturated heterocycles. The molecule has 2 atom stereocenters. The second-order valence-corrected chi connectivity index (χ2v) is 8.96. The Bertz CT molecular complexity index is 498. The summed E-state index contributed by atoms with van der Waals surface area (Å²) in [5.41, 5.74) is 0. The molecular weight excluding hydrogens is 360 g/mol. The lowest BCUT2D eigenvalue weighted by molar-refractivity contribution is -0.234. The Morgan fingerprint density at radius 2 is 1.65 bits per heavy atom. The molecule has 1 fully saturated rings. The van der Waals surface area contributed by atoms with Gasteiger partial charge in [-0.2, -0.15) is 13.7 Å². The highest BCUT2D eigenvalue weighted by molar-refractivity contribution is 7.87. The van der Waals surface area contributed by atoms with Gasteiger partial charge in [0, 0.05) is 12.8 Å². The van der Waals surface area contributed by atoms with E-state index in [0.29, 0.717) is 25.7 Å². The summed E-state index contributed by atoms with van der Waals surface area (Å²) in [6, 6.07) is 0. The minimum Gasteiger partial charge on any atom is -0.353 e. The normalized spacial score (nSPS) is 22.8. The molecule has 2 unspecified atom stereocenters. The van der Waals surface area contributed by atoms with E-state index in [9.17, 15) is 17.8 Å². The van der Waals surface area contributed by atoms with Gasteiger partial charge in [-0.1, -0.05) is 58.3 Å². The highest BCUT2D eigenvalue weighted by atomic mass is 32.2. The number of ether oxygens (including phenoxy) is 1. The molecule has 0 spiro atoms. The zero-order valence-electron chi connectivity index (χ0n) is 15.8. The van der Waals surface area contributed by atoms with Crippen LogP contribution in [0.25, 0.3) is 0 Å². The van der Waals surface area contributed by atoms with Gasteiger partial charge in [-0.05, 0) is 25.7 Å². The average molecular weight is 395 g/mol. The lowest BCUT2D eigenvalue weighted by atomic mass is 9.94. The third-order valence-corrected chi connectivity index (χ3v) is 6.47. The summed E-state index contributed by atoms with van der Waals surface area (Å²) in [6.45, 7) is 2.17. The van der Waals surface area contributed by atoms with Gasteiger partial charge in [0.05, 0.1) is 6.10 Å². The molecule has 0 bridgehead atoms. The Balaban J connectivity index is 2.21. The Hall–Kier alpha value is -0.700. The molecule has 0 aromatic heterocycles. The van der Waals surface area contributed by atoms with E-state index in [1.165, 1.54) is 19.3 Å². The second kappa shape index (κ2) is 11.9. The summed E-state index contributed by atoms with van der Waals surface area (Å²) in [7, 11) is -4.22. The van der Waals surface area contributed by atoms with Crippen LogP contribution in [0, 0.1) is 0 Å². The molecule has 0 radical (unpaired) electrons. The van der Waals surface area contributed by atoms with E-state index >= 15 is 0 Å². The fourth-order valence-corrected chi connectivity index (χ4v) is 4.53. The Kier molecular flexibility index (Phi) is 10.7. The predicted octanol–water partition coefficient (Wildman–Crippen LogP) is 4.47. The molecule has 0 aromatic carbocycles. The lowest BCUT2D eigenvalue weighted by Gasteiger charge is -2.45. The molecule has 8 heteroatoms. The molecule has 154 valence electrons. The van der Waals surface area contributed by atoms with Crippen LogP contribution >= 0.6 is 0 Å². The van der Waals surface area contributed by atoms with Crippen molar-refractivity contribution in [3.05, 3.63) is 0 Å². The van der Waals surface area contributed by atoms with Gasteiger partial charge in [0.1, 0.15) is 0 Å². The van der Waals surface area contributed by atoms with Gasteiger partial charge < -0.3 is 9.62 Å². The van der Waals surface area contributed by atoms with E-state index in [1.54, 1.807) is 0 Å².